The van der Waals surface area contributed by atoms with Crippen LogP contribution in [0.15, 0.2) is 42.5 Å². The maximum Gasteiger partial charge on any atom is 0.124 e. The smallest absolute Gasteiger partial charge is 0.124 e. The highest BCUT2D eigenvalue weighted by atomic mass is 32.1. The summed E-state index contributed by atoms with van der Waals surface area (Å²) in [6, 6.07) is 13.3. The Hall–Kier alpha value is -2.02. The van der Waals surface area contributed by atoms with Crippen molar-refractivity contribution in [3.8, 4) is 0 Å². The number of thiazole rings is 1. The van der Waals surface area contributed by atoms with E-state index in [0.29, 0.717) is 5.92 Å². The van der Waals surface area contributed by atoms with Crippen molar-refractivity contribution in [2.45, 2.75) is 25.8 Å². The van der Waals surface area contributed by atoms with Gasteiger partial charge in [0.05, 0.1) is 16.3 Å². The van der Waals surface area contributed by atoms with E-state index in [1.54, 1.807) is 6.07 Å². The number of benzene rings is 2. The second-order valence-corrected chi connectivity index (χ2v) is 8.83. The van der Waals surface area contributed by atoms with Crippen LogP contribution in [-0.4, -0.2) is 42.6 Å². The van der Waals surface area contributed by atoms with E-state index in [-0.39, 0.29) is 11.9 Å². The Morgan fingerprint density at radius 1 is 1.11 bits per heavy atom. The van der Waals surface area contributed by atoms with Gasteiger partial charge in [-0.3, -0.25) is 4.90 Å². The molecule has 0 spiro atoms. The third-order valence-corrected chi connectivity index (χ3v) is 6.56. The van der Waals surface area contributed by atoms with E-state index in [9.17, 15) is 4.39 Å². The van der Waals surface area contributed by atoms with Crippen LogP contribution in [0.2, 0.25) is 0 Å². The molecule has 6 heteroatoms. The average Bonchev–Trinajstić information content (AvgIpc) is 3.12. The molecule has 0 bridgehead atoms. The maximum absolute atomic E-state index is 13.4. The Balaban J connectivity index is 1.39. The number of aromatic nitrogens is 1. The van der Waals surface area contributed by atoms with Crippen molar-refractivity contribution in [2.24, 2.45) is 5.73 Å². The van der Waals surface area contributed by atoms with Crippen LogP contribution in [0.4, 0.5) is 10.1 Å². The number of fused-ring (bicyclic) bond motifs is 1. The van der Waals surface area contributed by atoms with Crippen molar-refractivity contribution in [1.82, 2.24) is 9.88 Å². The molecule has 0 saturated carbocycles. The number of hydrogen-bond donors (Lipinski definition) is 1. The number of nitrogens with zero attached hydrogens (tertiary/aromatic N) is 3. The number of anilines is 1. The molecule has 0 aliphatic carbocycles. The fraction of sp³-hybridized carbons (Fsp3) is 0.409. The van der Waals surface area contributed by atoms with Gasteiger partial charge in [0.25, 0.3) is 0 Å². The minimum Gasteiger partial charge on any atom is -0.369 e. The molecule has 3 aromatic rings. The number of hydrogen-bond acceptors (Lipinski definition) is 5. The summed E-state index contributed by atoms with van der Waals surface area (Å²) < 4.78 is 14.3. The molecule has 1 unspecified atom stereocenters. The molecule has 1 saturated heterocycles. The van der Waals surface area contributed by atoms with E-state index in [0.717, 1.165) is 47.9 Å². The molecule has 1 aromatic heterocycles. The molecule has 148 valence electrons. The molecule has 0 radical (unpaired) electrons. The van der Waals surface area contributed by atoms with Crippen molar-refractivity contribution < 1.29 is 4.39 Å². The SMILES string of the molecule is CC(C)c1ccccc1N1CCN(CC(N)c2nc3ccc(F)cc3s2)CC1. The first-order valence-electron chi connectivity index (χ1n) is 9.89. The fourth-order valence-electron chi connectivity index (χ4n) is 3.87. The first kappa shape index (κ1) is 19.3. The average molecular weight is 399 g/mol. The minimum atomic E-state index is -0.228. The zero-order chi connectivity index (χ0) is 19.7. The fourth-order valence-corrected chi connectivity index (χ4v) is 4.85. The Bertz CT molecular complexity index is 947. The van der Waals surface area contributed by atoms with Gasteiger partial charge in [0.2, 0.25) is 0 Å². The summed E-state index contributed by atoms with van der Waals surface area (Å²) in [5.74, 6) is 0.292. The normalized spacial score (nSPS) is 16.8. The van der Waals surface area contributed by atoms with Crippen molar-refractivity contribution in [1.29, 1.82) is 0 Å². The third kappa shape index (κ3) is 4.04. The summed E-state index contributed by atoms with van der Waals surface area (Å²) in [4.78, 5) is 9.50. The lowest BCUT2D eigenvalue weighted by Crippen LogP contribution is -2.48. The van der Waals surface area contributed by atoms with Gasteiger partial charge in [0.15, 0.2) is 0 Å². The van der Waals surface area contributed by atoms with E-state index in [1.165, 1.54) is 34.7 Å². The number of piperazine rings is 1. The summed E-state index contributed by atoms with van der Waals surface area (Å²) in [5.41, 5.74) is 10.0. The van der Waals surface area contributed by atoms with E-state index in [4.69, 9.17) is 5.73 Å². The van der Waals surface area contributed by atoms with Gasteiger partial charge in [-0.15, -0.1) is 11.3 Å². The molecule has 1 aliphatic heterocycles. The highest BCUT2D eigenvalue weighted by Gasteiger charge is 2.22. The van der Waals surface area contributed by atoms with Gasteiger partial charge < -0.3 is 10.6 Å². The van der Waals surface area contributed by atoms with Crippen molar-refractivity contribution in [3.63, 3.8) is 0 Å². The summed E-state index contributed by atoms with van der Waals surface area (Å²) in [5, 5.41) is 0.883. The predicted molar refractivity (Wildman–Crippen MR) is 116 cm³/mol. The quantitative estimate of drug-likeness (QED) is 0.693. The molecule has 1 fully saturated rings. The predicted octanol–water partition coefficient (Wildman–Crippen LogP) is 4.38. The van der Waals surface area contributed by atoms with E-state index in [1.807, 2.05) is 0 Å². The molecule has 0 amide bonds. The topological polar surface area (TPSA) is 45.4 Å². The molecule has 1 aliphatic rings. The number of nitrogens with two attached hydrogens (primary N) is 1. The molecule has 2 N–H and O–H groups in total. The van der Waals surface area contributed by atoms with Crippen LogP contribution in [0, 0.1) is 5.82 Å². The Morgan fingerprint density at radius 3 is 2.61 bits per heavy atom. The lowest BCUT2D eigenvalue weighted by molar-refractivity contribution is 0.243. The number of halogens is 1. The molecular weight excluding hydrogens is 371 g/mol. The molecule has 1 atom stereocenters. The monoisotopic (exact) mass is 398 g/mol. The van der Waals surface area contributed by atoms with Gasteiger partial charge in [-0.05, 0) is 35.7 Å². The zero-order valence-electron chi connectivity index (χ0n) is 16.4. The molecule has 4 nitrogen and oxygen atoms in total. The van der Waals surface area contributed by atoms with Crippen LogP contribution in [0.1, 0.15) is 36.4 Å². The minimum absolute atomic E-state index is 0.144. The Kier molecular flexibility index (Phi) is 5.62. The second kappa shape index (κ2) is 8.15. The lowest BCUT2D eigenvalue weighted by Gasteiger charge is -2.38. The number of para-hydroxylation sites is 1. The molecule has 4 rings (SSSR count). The molecular formula is C22H27FN4S. The number of rotatable bonds is 5. The summed E-state index contributed by atoms with van der Waals surface area (Å²) in [6.07, 6.45) is 0. The first-order valence-corrected chi connectivity index (χ1v) is 10.7. The highest BCUT2D eigenvalue weighted by Crippen LogP contribution is 2.29. The standard InChI is InChI=1S/C22H27FN4S/c1-15(2)17-5-3-4-6-20(17)27-11-9-26(10-12-27)14-18(24)22-25-19-8-7-16(23)13-21(19)28-22/h3-8,13,15,18H,9-12,14,24H2,1-2H3. The van der Waals surface area contributed by atoms with Crippen LogP contribution in [0.3, 0.4) is 0 Å². The first-order chi connectivity index (χ1) is 13.5. The van der Waals surface area contributed by atoms with Crippen LogP contribution in [0.5, 0.6) is 0 Å². The molecule has 28 heavy (non-hydrogen) atoms. The lowest BCUT2D eigenvalue weighted by atomic mass is 10.00. The van der Waals surface area contributed by atoms with Crippen LogP contribution < -0.4 is 10.6 Å². The summed E-state index contributed by atoms with van der Waals surface area (Å²) >= 11 is 1.50. The van der Waals surface area contributed by atoms with E-state index >= 15 is 0 Å². The molecule has 2 heterocycles. The largest absolute Gasteiger partial charge is 0.369 e. The van der Waals surface area contributed by atoms with Crippen molar-refractivity contribution >= 4 is 27.2 Å². The van der Waals surface area contributed by atoms with Gasteiger partial charge >= 0.3 is 0 Å². The third-order valence-electron chi connectivity index (χ3n) is 5.41. The van der Waals surface area contributed by atoms with Crippen LogP contribution >= 0.6 is 11.3 Å². The maximum atomic E-state index is 13.4. The van der Waals surface area contributed by atoms with Gasteiger partial charge in [0.1, 0.15) is 10.8 Å². The van der Waals surface area contributed by atoms with Crippen LogP contribution in [0.25, 0.3) is 10.2 Å². The van der Waals surface area contributed by atoms with Gasteiger partial charge in [-0.1, -0.05) is 32.0 Å². The van der Waals surface area contributed by atoms with Crippen molar-refractivity contribution in [2.75, 3.05) is 37.6 Å². The molecule has 2 aromatic carbocycles. The highest BCUT2D eigenvalue weighted by molar-refractivity contribution is 7.18. The van der Waals surface area contributed by atoms with Gasteiger partial charge in [-0.25, -0.2) is 9.37 Å². The Labute approximate surface area is 169 Å². The van der Waals surface area contributed by atoms with Crippen molar-refractivity contribution in [3.05, 3.63) is 58.9 Å². The summed E-state index contributed by atoms with van der Waals surface area (Å²) in [6.45, 7) is 9.25. The second-order valence-electron chi connectivity index (χ2n) is 7.77. The van der Waals surface area contributed by atoms with E-state index < -0.39 is 0 Å². The zero-order valence-corrected chi connectivity index (χ0v) is 17.3. The van der Waals surface area contributed by atoms with Gasteiger partial charge in [0, 0.05) is 38.4 Å². The Morgan fingerprint density at radius 2 is 1.86 bits per heavy atom. The van der Waals surface area contributed by atoms with Crippen LogP contribution in [-0.2, 0) is 0 Å². The summed E-state index contributed by atoms with van der Waals surface area (Å²) in [7, 11) is 0. The van der Waals surface area contributed by atoms with E-state index in [2.05, 4.69) is 52.9 Å². The van der Waals surface area contributed by atoms with Gasteiger partial charge in [-0.2, -0.15) is 0 Å².